The molecule has 0 aromatic heterocycles. The lowest BCUT2D eigenvalue weighted by molar-refractivity contribution is 0.627. The molecule has 98 valence electrons. The summed E-state index contributed by atoms with van der Waals surface area (Å²) in [5.41, 5.74) is 4.82. The number of halogens is 1. The Morgan fingerprint density at radius 1 is 0.650 bits per heavy atom. The predicted octanol–water partition coefficient (Wildman–Crippen LogP) is 5.08. The van der Waals surface area contributed by atoms with Gasteiger partial charge in [0.05, 0.1) is 0 Å². The second-order valence-electron chi connectivity index (χ2n) is 4.83. The van der Waals surface area contributed by atoms with E-state index in [1.165, 1.54) is 28.8 Å². The number of rotatable bonds is 3. The van der Waals surface area contributed by atoms with Gasteiger partial charge in [0, 0.05) is 0 Å². The molecular weight excluding hydrogens is 247 g/mol. The molecule has 0 bridgehead atoms. The van der Waals surface area contributed by atoms with E-state index in [-0.39, 0.29) is 5.82 Å². The molecule has 0 N–H and O–H groups in total. The van der Waals surface area contributed by atoms with E-state index in [0.29, 0.717) is 0 Å². The minimum Gasteiger partial charge on any atom is -0.207 e. The van der Waals surface area contributed by atoms with Crippen molar-refractivity contribution in [1.29, 1.82) is 0 Å². The van der Waals surface area contributed by atoms with E-state index in [1.54, 1.807) is 0 Å². The zero-order valence-corrected chi connectivity index (χ0v) is 11.1. The third-order valence-corrected chi connectivity index (χ3v) is 3.41. The molecule has 0 fully saturated rings. The monoisotopic (exact) mass is 262 g/mol. The largest absolute Gasteiger partial charge is 0.207 e. The maximum Gasteiger partial charge on any atom is 0.123 e. The van der Waals surface area contributed by atoms with Gasteiger partial charge in [0.2, 0.25) is 0 Å². The zero-order valence-electron chi connectivity index (χ0n) is 11.1. The molecule has 0 aliphatic rings. The van der Waals surface area contributed by atoms with Crippen molar-refractivity contribution in [3.05, 3.63) is 95.8 Å². The van der Waals surface area contributed by atoms with Crippen LogP contribution in [-0.2, 0) is 6.42 Å². The number of hydrogen-bond acceptors (Lipinski definition) is 0. The summed E-state index contributed by atoms with van der Waals surface area (Å²) in [6.07, 6.45) is 0.811. The summed E-state index contributed by atoms with van der Waals surface area (Å²) < 4.78 is 13.0. The normalized spacial score (nSPS) is 10.4. The van der Waals surface area contributed by atoms with Crippen LogP contribution in [0, 0.1) is 5.82 Å². The summed E-state index contributed by atoms with van der Waals surface area (Å²) in [5.74, 6) is -0.190. The van der Waals surface area contributed by atoms with Gasteiger partial charge >= 0.3 is 0 Å². The lowest BCUT2D eigenvalue weighted by Crippen LogP contribution is -1.92. The van der Waals surface area contributed by atoms with Crippen molar-refractivity contribution >= 4 is 0 Å². The zero-order chi connectivity index (χ0) is 13.8. The van der Waals surface area contributed by atoms with Crippen LogP contribution in [0.2, 0.25) is 0 Å². The highest BCUT2D eigenvalue weighted by molar-refractivity contribution is 5.67. The molecule has 0 saturated heterocycles. The molecule has 3 aromatic carbocycles. The first-order valence-corrected chi connectivity index (χ1v) is 6.71. The van der Waals surface area contributed by atoms with Gasteiger partial charge in [-0.05, 0) is 40.8 Å². The molecule has 0 radical (unpaired) electrons. The van der Waals surface area contributed by atoms with Crippen LogP contribution in [0.3, 0.4) is 0 Å². The molecule has 0 unspecified atom stereocenters. The molecule has 0 nitrogen and oxygen atoms in total. The third-order valence-electron chi connectivity index (χ3n) is 3.41. The third kappa shape index (κ3) is 2.77. The Balaban J connectivity index is 1.96. The molecule has 0 aliphatic carbocycles. The molecule has 0 spiro atoms. The lowest BCUT2D eigenvalue weighted by Gasteiger charge is -2.10. The minimum absolute atomic E-state index is 0.190. The summed E-state index contributed by atoms with van der Waals surface area (Å²) >= 11 is 0. The van der Waals surface area contributed by atoms with Gasteiger partial charge in [0.1, 0.15) is 5.82 Å². The van der Waals surface area contributed by atoms with Crippen molar-refractivity contribution in [2.24, 2.45) is 0 Å². The van der Waals surface area contributed by atoms with E-state index in [2.05, 4.69) is 30.3 Å². The van der Waals surface area contributed by atoms with Crippen LogP contribution in [0.4, 0.5) is 4.39 Å². The van der Waals surface area contributed by atoms with Gasteiger partial charge in [-0.1, -0.05) is 66.7 Å². The van der Waals surface area contributed by atoms with Crippen molar-refractivity contribution in [2.45, 2.75) is 6.42 Å². The Hall–Kier alpha value is -2.41. The molecule has 0 aliphatic heterocycles. The highest BCUT2D eigenvalue weighted by Gasteiger charge is 2.05. The van der Waals surface area contributed by atoms with Gasteiger partial charge < -0.3 is 0 Å². The first-order chi connectivity index (χ1) is 9.83. The van der Waals surface area contributed by atoms with E-state index in [9.17, 15) is 4.39 Å². The fraction of sp³-hybridized carbons (Fsp3) is 0.0526. The smallest absolute Gasteiger partial charge is 0.123 e. The van der Waals surface area contributed by atoms with Crippen molar-refractivity contribution in [1.82, 2.24) is 0 Å². The van der Waals surface area contributed by atoms with Gasteiger partial charge in [-0.3, -0.25) is 0 Å². The van der Waals surface area contributed by atoms with Crippen molar-refractivity contribution < 1.29 is 4.39 Å². The Morgan fingerprint density at radius 2 is 1.30 bits per heavy atom. The van der Waals surface area contributed by atoms with Crippen LogP contribution in [0.25, 0.3) is 11.1 Å². The second-order valence-corrected chi connectivity index (χ2v) is 4.83. The fourth-order valence-corrected chi connectivity index (χ4v) is 2.40. The SMILES string of the molecule is Fc1ccc(Cc2ccccc2-c2ccccc2)cc1. The van der Waals surface area contributed by atoms with Crippen LogP contribution in [0.5, 0.6) is 0 Å². The maximum absolute atomic E-state index is 13.0. The molecule has 0 heterocycles. The van der Waals surface area contributed by atoms with Crippen molar-refractivity contribution in [3.8, 4) is 11.1 Å². The molecule has 1 heteroatoms. The Bertz CT molecular complexity index is 684. The fourth-order valence-electron chi connectivity index (χ4n) is 2.40. The average Bonchev–Trinajstić information content (AvgIpc) is 2.51. The quantitative estimate of drug-likeness (QED) is 0.617. The highest BCUT2D eigenvalue weighted by Crippen LogP contribution is 2.25. The summed E-state index contributed by atoms with van der Waals surface area (Å²) in [4.78, 5) is 0. The Morgan fingerprint density at radius 3 is 2.05 bits per heavy atom. The van der Waals surface area contributed by atoms with Gasteiger partial charge in [-0.25, -0.2) is 4.39 Å². The topological polar surface area (TPSA) is 0 Å². The average molecular weight is 262 g/mol. The summed E-state index contributed by atoms with van der Waals surface area (Å²) in [5, 5.41) is 0. The number of hydrogen-bond donors (Lipinski definition) is 0. The van der Waals surface area contributed by atoms with Gasteiger partial charge in [-0.15, -0.1) is 0 Å². The van der Waals surface area contributed by atoms with E-state index in [0.717, 1.165) is 12.0 Å². The number of benzene rings is 3. The summed E-state index contributed by atoms with van der Waals surface area (Å²) in [7, 11) is 0. The standard InChI is InChI=1S/C19H15F/c20-18-12-10-15(11-13-18)14-17-8-4-5-9-19(17)16-6-2-1-3-7-16/h1-13H,14H2. The first-order valence-electron chi connectivity index (χ1n) is 6.71. The second kappa shape index (κ2) is 5.70. The molecule has 0 atom stereocenters. The van der Waals surface area contributed by atoms with E-state index >= 15 is 0 Å². The van der Waals surface area contributed by atoms with Gasteiger partial charge in [0.15, 0.2) is 0 Å². The molecule has 0 saturated carbocycles. The van der Waals surface area contributed by atoms with E-state index in [1.807, 2.05) is 36.4 Å². The summed E-state index contributed by atoms with van der Waals surface area (Å²) in [6, 6.07) is 25.4. The van der Waals surface area contributed by atoms with E-state index in [4.69, 9.17) is 0 Å². The molecule has 0 amide bonds. The van der Waals surface area contributed by atoms with Crippen LogP contribution in [-0.4, -0.2) is 0 Å². The van der Waals surface area contributed by atoms with Gasteiger partial charge in [0.25, 0.3) is 0 Å². The molecule has 3 aromatic rings. The van der Waals surface area contributed by atoms with Crippen LogP contribution < -0.4 is 0 Å². The van der Waals surface area contributed by atoms with Crippen molar-refractivity contribution in [3.63, 3.8) is 0 Å². The maximum atomic E-state index is 13.0. The van der Waals surface area contributed by atoms with Gasteiger partial charge in [-0.2, -0.15) is 0 Å². The van der Waals surface area contributed by atoms with Crippen LogP contribution in [0.15, 0.2) is 78.9 Å². The minimum atomic E-state index is -0.190. The van der Waals surface area contributed by atoms with Crippen molar-refractivity contribution in [2.75, 3.05) is 0 Å². The lowest BCUT2D eigenvalue weighted by atomic mass is 9.95. The molecule has 20 heavy (non-hydrogen) atoms. The predicted molar refractivity (Wildman–Crippen MR) is 81.1 cm³/mol. The van der Waals surface area contributed by atoms with Crippen LogP contribution in [0.1, 0.15) is 11.1 Å². The van der Waals surface area contributed by atoms with Crippen LogP contribution >= 0.6 is 0 Å². The summed E-state index contributed by atoms with van der Waals surface area (Å²) in [6.45, 7) is 0. The molecule has 3 rings (SSSR count). The highest BCUT2D eigenvalue weighted by atomic mass is 19.1. The Labute approximate surface area is 118 Å². The Kier molecular flexibility index (Phi) is 3.60. The first kappa shape index (κ1) is 12.6. The molecular formula is C19H15F. The van der Waals surface area contributed by atoms with E-state index < -0.39 is 0 Å².